The van der Waals surface area contributed by atoms with Crippen molar-refractivity contribution in [2.45, 2.75) is 19.8 Å². The molecular formula is C15H21N3. The van der Waals surface area contributed by atoms with Crippen LogP contribution in [0.25, 0.3) is 10.9 Å². The second-order valence-electron chi connectivity index (χ2n) is 4.41. The number of benzene rings is 1. The lowest BCUT2D eigenvalue weighted by molar-refractivity contribution is 0.725. The van der Waals surface area contributed by atoms with Crippen LogP contribution < -0.4 is 5.32 Å². The Hall–Kier alpha value is -1.61. The summed E-state index contributed by atoms with van der Waals surface area (Å²) in [6.45, 7) is 4.22. The minimum absolute atomic E-state index is 0.910. The Bertz CT molecular complexity index is 526. The fourth-order valence-electron chi connectivity index (χ4n) is 2.11. The maximum absolute atomic E-state index is 4.57. The third-order valence-electron chi connectivity index (χ3n) is 3.05. The SMILES string of the molecule is CCNCCC=CCc1nn(C)c2ccccc12. The van der Waals surface area contributed by atoms with Crippen molar-refractivity contribution in [3.8, 4) is 0 Å². The highest BCUT2D eigenvalue weighted by atomic mass is 15.3. The third kappa shape index (κ3) is 2.99. The van der Waals surface area contributed by atoms with Crippen molar-refractivity contribution in [2.24, 2.45) is 7.05 Å². The van der Waals surface area contributed by atoms with Gasteiger partial charge in [-0.15, -0.1) is 0 Å². The minimum Gasteiger partial charge on any atom is -0.317 e. The summed E-state index contributed by atoms with van der Waals surface area (Å²) in [5, 5.41) is 9.14. The van der Waals surface area contributed by atoms with Crippen molar-refractivity contribution in [3.05, 3.63) is 42.1 Å². The number of hydrogen-bond acceptors (Lipinski definition) is 2. The van der Waals surface area contributed by atoms with Crippen LogP contribution in [0.1, 0.15) is 19.0 Å². The molecule has 1 aromatic heterocycles. The molecule has 0 radical (unpaired) electrons. The van der Waals surface area contributed by atoms with Crippen molar-refractivity contribution in [1.82, 2.24) is 15.1 Å². The molecule has 0 spiro atoms. The highest BCUT2D eigenvalue weighted by Crippen LogP contribution is 2.17. The largest absolute Gasteiger partial charge is 0.317 e. The number of aryl methyl sites for hydroxylation is 1. The van der Waals surface area contributed by atoms with E-state index in [1.807, 2.05) is 11.7 Å². The van der Waals surface area contributed by atoms with Crippen LogP contribution in [0.15, 0.2) is 36.4 Å². The van der Waals surface area contributed by atoms with Crippen molar-refractivity contribution in [1.29, 1.82) is 0 Å². The zero-order chi connectivity index (χ0) is 12.8. The molecule has 3 heteroatoms. The lowest BCUT2D eigenvalue weighted by Gasteiger charge is -1.95. The van der Waals surface area contributed by atoms with Gasteiger partial charge in [-0.25, -0.2) is 0 Å². The number of nitrogens with one attached hydrogen (secondary N) is 1. The van der Waals surface area contributed by atoms with Gasteiger partial charge in [-0.1, -0.05) is 37.3 Å². The molecule has 0 saturated carbocycles. The number of nitrogens with zero attached hydrogens (tertiary/aromatic N) is 2. The molecule has 0 fully saturated rings. The summed E-state index contributed by atoms with van der Waals surface area (Å²) >= 11 is 0. The molecule has 0 unspecified atom stereocenters. The topological polar surface area (TPSA) is 29.9 Å². The first kappa shape index (κ1) is 12.8. The number of hydrogen-bond donors (Lipinski definition) is 1. The van der Waals surface area contributed by atoms with Crippen LogP contribution in [-0.2, 0) is 13.5 Å². The molecule has 0 aliphatic heterocycles. The number of fused-ring (bicyclic) bond motifs is 1. The average molecular weight is 243 g/mol. The van der Waals surface area contributed by atoms with E-state index in [4.69, 9.17) is 0 Å². The maximum Gasteiger partial charge on any atom is 0.0740 e. The molecule has 0 bridgehead atoms. The molecule has 0 amide bonds. The van der Waals surface area contributed by atoms with Crippen LogP contribution in [-0.4, -0.2) is 22.9 Å². The van der Waals surface area contributed by atoms with Gasteiger partial charge in [0.2, 0.25) is 0 Å². The minimum atomic E-state index is 0.910. The van der Waals surface area contributed by atoms with Gasteiger partial charge in [-0.05, 0) is 25.6 Å². The molecule has 0 aliphatic rings. The van der Waals surface area contributed by atoms with Crippen LogP contribution in [0.5, 0.6) is 0 Å². The van der Waals surface area contributed by atoms with Gasteiger partial charge in [-0.2, -0.15) is 5.10 Å². The second kappa shape index (κ2) is 6.36. The highest BCUT2D eigenvalue weighted by Gasteiger charge is 2.05. The first-order valence-corrected chi connectivity index (χ1v) is 6.59. The zero-order valence-electron chi connectivity index (χ0n) is 11.2. The fraction of sp³-hybridized carbons (Fsp3) is 0.400. The van der Waals surface area contributed by atoms with Crippen LogP contribution >= 0.6 is 0 Å². The van der Waals surface area contributed by atoms with Crippen LogP contribution in [0.4, 0.5) is 0 Å². The van der Waals surface area contributed by atoms with Crippen LogP contribution in [0.3, 0.4) is 0 Å². The lowest BCUT2D eigenvalue weighted by atomic mass is 10.1. The Kier molecular flexibility index (Phi) is 4.53. The highest BCUT2D eigenvalue weighted by molar-refractivity contribution is 5.81. The van der Waals surface area contributed by atoms with E-state index in [0.717, 1.165) is 31.6 Å². The maximum atomic E-state index is 4.57. The zero-order valence-corrected chi connectivity index (χ0v) is 11.2. The summed E-state index contributed by atoms with van der Waals surface area (Å²) in [5.74, 6) is 0. The van der Waals surface area contributed by atoms with Gasteiger partial charge >= 0.3 is 0 Å². The smallest absolute Gasteiger partial charge is 0.0740 e. The average Bonchev–Trinajstić information content (AvgIpc) is 2.71. The Labute approximate surface area is 109 Å². The fourth-order valence-corrected chi connectivity index (χ4v) is 2.11. The Balaban J connectivity index is 1.99. The molecular weight excluding hydrogens is 222 g/mol. The summed E-state index contributed by atoms with van der Waals surface area (Å²) in [5.41, 5.74) is 2.36. The van der Waals surface area contributed by atoms with Crippen molar-refractivity contribution in [3.63, 3.8) is 0 Å². The summed E-state index contributed by atoms with van der Waals surface area (Å²) < 4.78 is 1.96. The second-order valence-corrected chi connectivity index (χ2v) is 4.41. The van der Waals surface area contributed by atoms with E-state index in [1.54, 1.807) is 0 Å². The standard InChI is InChI=1S/C15H21N3/c1-3-16-12-8-4-5-10-14-13-9-6-7-11-15(13)18(2)17-14/h4-7,9,11,16H,3,8,10,12H2,1-2H3. The number of allylic oxidation sites excluding steroid dienone is 1. The molecule has 3 nitrogen and oxygen atoms in total. The van der Waals surface area contributed by atoms with E-state index in [2.05, 4.69) is 53.8 Å². The Morgan fingerprint density at radius 3 is 2.94 bits per heavy atom. The van der Waals surface area contributed by atoms with Crippen LogP contribution in [0.2, 0.25) is 0 Å². The summed E-state index contributed by atoms with van der Waals surface area (Å²) in [6.07, 6.45) is 6.43. The third-order valence-corrected chi connectivity index (χ3v) is 3.05. The normalized spacial score (nSPS) is 11.7. The molecule has 1 heterocycles. The predicted octanol–water partition coefficient (Wildman–Crippen LogP) is 2.67. The molecule has 18 heavy (non-hydrogen) atoms. The molecule has 0 atom stereocenters. The van der Waals surface area contributed by atoms with Gasteiger partial charge in [0.1, 0.15) is 0 Å². The van der Waals surface area contributed by atoms with E-state index >= 15 is 0 Å². The quantitative estimate of drug-likeness (QED) is 0.624. The molecule has 1 aromatic carbocycles. The van der Waals surface area contributed by atoms with Gasteiger partial charge in [0, 0.05) is 18.9 Å². The molecule has 96 valence electrons. The first-order valence-electron chi connectivity index (χ1n) is 6.59. The van der Waals surface area contributed by atoms with Gasteiger partial charge in [0.05, 0.1) is 11.2 Å². The molecule has 1 N–H and O–H groups in total. The monoisotopic (exact) mass is 243 g/mol. The van der Waals surface area contributed by atoms with Gasteiger partial charge in [0.15, 0.2) is 0 Å². The lowest BCUT2D eigenvalue weighted by Crippen LogP contribution is -2.12. The van der Waals surface area contributed by atoms with Crippen molar-refractivity contribution < 1.29 is 0 Å². The summed E-state index contributed by atoms with van der Waals surface area (Å²) in [6, 6.07) is 8.38. The first-order chi connectivity index (χ1) is 8.83. The number of para-hydroxylation sites is 1. The van der Waals surface area contributed by atoms with E-state index < -0.39 is 0 Å². The summed E-state index contributed by atoms with van der Waals surface area (Å²) in [7, 11) is 2.00. The van der Waals surface area contributed by atoms with Gasteiger partial charge in [0.25, 0.3) is 0 Å². The molecule has 0 saturated heterocycles. The van der Waals surface area contributed by atoms with Gasteiger partial charge < -0.3 is 5.32 Å². The number of aromatic nitrogens is 2. The van der Waals surface area contributed by atoms with E-state index in [0.29, 0.717) is 0 Å². The Morgan fingerprint density at radius 2 is 2.11 bits per heavy atom. The molecule has 2 rings (SSSR count). The van der Waals surface area contributed by atoms with Gasteiger partial charge in [-0.3, -0.25) is 4.68 Å². The van der Waals surface area contributed by atoms with E-state index in [1.165, 1.54) is 10.9 Å². The Morgan fingerprint density at radius 1 is 1.28 bits per heavy atom. The molecule has 2 aromatic rings. The predicted molar refractivity (Wildman–Crippen MR) is 76.7 cm³/mol. The van der Waals surface area contributed by atoms with Crippen LogP contribution in [0, 0.1) is 0 Å². The molecule has 0 aliphatic carbocycles. The van der Waals surface area contributed by atoms with E-state index in [9.17, 15) is 0 Å². The number of rotatable bonds is 6. The van der Waals surface area contributed by atoms with Crippen molar-refractivity contribution >= 4 is 10.9 Å². The van der Waals surface area contributed by atoms with Crippen molar-refractivity contribution in [2.75, 3.05) is 13.1 Å². The summed E-state index contributed by atoms with van der Waals surface area (Å²) in [4.78, 5) is 0. The van der Waals surface area contributed by atoms with E-state index in [-0.39, 0.29) is 0 Å².